The van der Waals surface area contributed by atoms with Crippen LogP contribution in [0.25, 0.3) is 0 Å². The Bertz CT molecular complexity index is 700. The molecule has 0 aromatic heterocycles. The van der Waals surface area contributed by atoms with Crippen molar-refractivity contribution in [3.05, 3.63) is 57.5 Å². The molecule has 0 aliphatic heterocycles. The maximum atomic E-state index is 12.2. The molecule has 100 valence electrons. The van der Waals surface area contributed by atoms with E-state index in [2.05, 4.69) is 0 Å². The second-order valence-corrected chi connectivity index (χ2v) is 8.57. The Morgan fingerprint density at radius 1 is 0.842 bits per heavy atom. The van der Waals surface area contributed by atoms with Crippen molar-refractivity contribution < 1.29 is 8.42 Å². The van der Waals surface area contributed by atoms with Gasteiger partial charge in [0.1, 0.15) is 0 Å². The Morgan fingerprint density at radius 3 is 2.05 bits per heavy atom. The minimum absolute atomic E-state index is 0.210. The smallest absolute Gasteiger partial charge is 0.212 e. The summed E-state index contributed by atoms with van der Waals surface area (Å²) in [4.78, 5) is 0.557. The monoisotopic (exact) mass is 352 g/mol. The lowest BCUT2D eigenvalue weighted by atomic mass is 10.4. The van der Waals surface area contributed by atoms with E-state index in [1.807, 2.05) is 0 Å². The SMILES string of the molecule is O=S(=O)(Sc1cc(Cl)c(Cl)cc1Cl)c1ccccc1. The number of hydrogen-bond donors (Lipinski definition) is 0. The summed E-state index contributed by atoms with van der Waals surface area (Å²) in [5.74, 6) is 0. The summed E-state index contributed by atoms with van der Waals surface area (Å²) < 4.78 is 24.4. The molecule has 0 aliphatic carbocycles. The van der Waals surface area contributed by atoms with Gasteiger partial charge in [0.25, 0.3) is 0 Å². The molecule has 2 aromatic carbocycles. The molecule has 0 radical (unpaired) electrons. The number of rotatable bonds is 3. The summed E-state index contributed by atoms with van der Waals surface area (Å²) in [6, 6.07) is 11.0. The molecule has 0 heterocycles. The van der Waals surface area contributed by atoms with Crippen molar-refractivity contribution >= 4 is 54.5 Å². The predicted octanol–water partition coefficient (Wildman–Crippen LogP) is 5.13. The summed E-state index contributed by atoms with van der Waals surface area (Å²) in [5, 5.41) is 0.795. The van der Waals surface area contributed by atoms with Gasteiger partial charge in [-0.1, -0.05) is 53.0 Å². The first-order chi connectivity index (χ1) is 8.90. The molecule has 7 heteroatoms. The highest BCUT2D eigenvalue weighted by atomic mass is 35.5. The highest BCUT2D eigenvalue weighted by Gasteiger charge is 2.19. The third kappa shape index (κ3) is 3.58. The number of hydrogen-bond acceptors (Lipinski definition) is 3. The van der Waals surface area contributed by atoms with Crippen LogP contribution in [-0.2, 0) is 8.87 Å². The lowest BCUT2D eigenvalue weighted by Gasteiger charge is -2.07. The van der Waals surface area contributed by atoms with Crippen LogP contribution < -0.4 is 0 Å². The molecule has 0 fully saturated rings. The number of halogens is 3. The van der Waals surface area contributed by atoms with Gasteiger partial charge in [0.15, 0.2) is 0 Å². The van der Waals surface area contributed by atoms with E-state index in [0.717, 1.165) is 0 Å². The van der Waals surface area contributed by atoms with Crippen LogP contribution in [0.4, 0.5) is 0 Å². The molecule has 0 spiro atoms. The molecule has 2 rings (SSSR count). The highest BCUT2D eigenvalue weighted by molar-refractivity contribution is 8.72. The zero-order chi connectivity index (χ0) is 14.0. The lowest BCUT2D eigenvalue weighted by Crippen LogP contribution is -1.95. The molecule has 0 N–H and O–H groups in total. The second-order valence-electron chi connectivity index (χ2n) is 3.55. The molecule has 0 aliphatic rings. The van der Waals surface area contributed by atoms with Gasteiger partial charge < -0.3 is 0 Å². The van der Waals surface area contributed by atoms with Crippen molar-refractivity contribution in [2.45, 2.75) is 9.79 Å². The first kappa shape index (κ1) is 15.0. The van der Waals surface area contributed by atoms with Crippen LogP contribution in [-0.4, -0.2) is 8.42 Å². The van der Waals surface area contributed by atoms with E-state index in [1.54, 1.807) is 18.2 Å². The molecule has 0 atom stereocenters. The molecule has 0 unspecified atom stereocenters. The predicted molar refractivity (Wildman–Crippen MR) is 81.0 cm³/mol. The summed E-state index contributed by atoms with van der Waals surface area (Å²) in [6.45, 7) is 0. The van der Waals surface area contributed by atoms with Crippen LogP contribution in [0.2, 0.25) is 15.1 Å². The molecule has 2 nitrogen and oxygen atoms in total. The van der Waals surface area contributed by atoms with Gasteiger partial charge in [-0.05, 0) is 24.3 Å². The zero-order valence-corrected chi connectivity index (χ0v) is 13.2. The van der Waals surface area contributed by atoms with E-state index in [-0.39, 0.29) is 20.0 Å². The largest absolute Gasteiger partial charge is 0.234 e. The lowest BCUT2D eigenvalue weighted by molar-refractivity contribution is 0.610. The first-order valence-corrected chi connectivity index (χ1v) is 8.99. The molecule has 2 aromatic rings. The average molecular weight is 354 g/mol. The van der Waals surface area contributed by atoms with Crippen molar-refractivity contribution in [3.63, 3.8) is 0 Å². The third-order valence-corrected chi connectivity index (χ3v) is 6.71. The van der Waals surface area contributed by atoms with Crippen molar-refractivity contribution in [3.8, 4) is 0 Å². The van der Waals surface area contributed by atoms with Gasteiger partial charge in [0, 0.05) is 15.7 Å². The van der Waals surface area contributed by atoms with Gasteiger partial charge in [-0.15, -0.1) is 0 Å². The summed E-state index contributed by atoms with van der Waals surface area (Å²) in [7, 11) is -2.89. The normalized spacial score (nSPS) is 11.5. The minimum atomic E-state index is -3.53. The quantitative estimate of drug-likeness (QED) is 0.567. The maximum Gasteiger partial charge on any atom is 0.234 e. The fourth-order valence-electron chi connectivity index (χ4n) is 1.32. The van der Waals surface area contributed by atoms with Crippen LogP contribution in [0, 0.1) is 0 Å². The van der Waals surface area contributed by atoms with Gasteiger partial charge in [0.2, 0.25) is 8.87 Å². The van der Waals surface area contributed by atoms with E-state index in [9.17, 15) is 8.42 Å². The van der Waals surface area contributed by atoms with Crippen LogP contribution in [0.3, 0.4) is 0 Å². The Balaban J connectivity index is 2.39. The van der Waals surface area contributed by atoms with Crippen molar-refractivity contribution in [1.29, 1.82) is 0 Å². The van der Waals surface area contributed by atoms with Gasteiger partial charge in [-0.25, -0.2) is 8.42 Å². The molecule has 0 bridgehead atoms. The summed E-state index contributed by atoms with van der Waals surface area (Å²) >= 11 is 17.6. The highest BCUT2D eigenvalue weighted by Crippen LogP contribution is 2.39. The van der Waals surface area contributed by atoms with E-state index in [1.165, 1.54) is 24.3 Å². The van der Waals surface area contributed by atoms with E-state index in [4.69, 9.17) is 34.8 Å². The molecule has 0 amide bonds. The molecule has 19 heavy (non-hydrogen) atoms. The van der Waals surface area contributed by atoms with Crippen LogP contribution in [0.5, 0.6) is 0 Å². The van der Waals surface area contributed by atoms with Gasteiger partial charge in [-0.2, -0.15) is 0 Å². The standard InChI is InChI=1S/C12H7Cl3O2S2/c13-9-6-11(15)12(7-10(9)14)18-19(16,17)8-4-2-1-3-5-8/h1-7H. The van der Waals surface area contributed by atoms with Gasteiger partial charge in [-0.3, -0.25) is 0 Å². The second kappa shape index (κ2) is 5.94. The van der Waals surface area contributed by atoms with Crippen LogP contribution in [0.1, 0.15) is 0 Å². The summed E-state index contributed by atoms with van der Waals surface area (Å²) in [5.41, 5.74) is 0. The summed E-state index contributed by atoms with van der Waals surface area (Å²) in [6.07, 6.45) is 0. The minimum Gasteiger partial charge on any atom is -0.212 e. The maximum absolute atomic E-state index is 12.2. The van der Waals surface area contributed by atoms with Gasteiger partial charge >= 0.3 is 0 Å². The fourth-order valence-corrected chi connectivity index (χ4v) is 5.06. The molecule has 0 saturated heterocycles. The van der Waals surface area contributed by atoms with E-state index in [0.29, 0.717) is 15.7 Å². The Hall–Kier alpha value is -0.390. The van der Waals surface area contributed by atoms with Crippen molar-refractivity contribution in [2.75, 3.05) is 0 Å². The first-order valence-electron chi connectivity index (χ1n) is 5.04. The average Bonchev–Trinajstić information content (AvgIpc) is 2.37. The van der Waals surface area contributed by atoms with Gasteiger partial charge in [0.05, 0.1) is 20.0 Å². The van der Waals surface area contributed by atoms with Crippen molar-refractivity contribution in [2.24, 2.45) is 0 Å². The zero-order valence-electron chi connectivity index (χ0n) is 9.31. The third-order valence-electron chi connectivity index (χ3n) is 2.21. The van der Waals surface area contributed by atoms with E-state index < -0.39 is 8.87 Å². The van der Waals surface area contributed by atoms with Crippen LogP contribution in [0.15, 0.2) is 52.3 Å². The van der Waals surface area contributed by atoms with Crippen LogP contribution >= 0.6 is 45.6 Å². The molecule has 0 saturated carbocycles. The molecular weight excluding hydrogens is 347 g/mol. The number of benzene rings is 2. The molecular formula is C12H7Cl3O2S2. The topological polar surface area (TPSA) is 34.1 Å². The fraction of sp³-hybridized carbons (Fsp3) is 0. The van der Waals surface area contributed by atoms with E-state index >= 15 is 0 Å². The van der Waals surface area contributed by atoms with Crippen molar-refractivity contribution in [1.82, 2.24) is 0 Å². The Morgan fingerprint density at radius 2 is 1.42 bits per heavy atom. The Kier molecular flexibility index (Phi) is 4.69. The Labute approximate surface area is 130 Å².